The molecular formula is C16H12F4N2O3. The van der Waals surface area contributed by atoms with E-state index < -0.39 is 40.3 Å². The van der Waals surface area contributed by atoms with E-state index in [0.29, 0.717) is 36.7 Å². The minimum Gasteiger partial charge on any atom is -0.465 e. The number of benzene rings is 1. The van der Waals surface area contributed by atoms with Gasteiger partial charge >= 0.3 is 12.3 Å². The van der Waals surface area contributed by atoms with E-state index >= 15 is 0 Å². The normalized spacial score (nSPS) is 13.6. The number of rotatable bonds is 2. The van der Waals surface area contributed by atoms with Crippen molar-refractivity contribution in [2.45, 2.75) is 25.6 Å². The van der Waals surface area contributed by atoms with E-state index in [2.05, 4.69) is 5.32 Å². The first kappa shape index (κ1) is 17.0. The van der Waals surface area contributed by atoms with E-state index in [-0.39, 0.29) is 12.2 Å². The van der Waals surface area contributed by atoms with Crippen molar-refractivity contribution in [1.82, 2.24) is 4.57 Å². The van der Waals surface area contributed by atoms with E-state index in [9.17, 15) is 27.2 Å². The lowest BCUT2D eigenvalue weighted by atomic mass is 9.99. The van der Waals surface area contributed by atoms with Crippen LogP contribution in [0.15, 0.2) is 29.1 Å². The molecule has 0 bridgehead atoms. The van der Waals surface area contributed by atoms with Crippen LogP contribution in [0.25, 0.3) is 11.1 Å². The number of hydrogen-bond acceptors (Lipinski definition) is 2. The van der Waals surface area contributed by atoms with Crippen molar-refractivity contribution in [2.24, 2.45) is 0 Å². The van der Waals surface area contributed by atoms with Crippen LogP contribution >= 0.6 is 0 Å². The summed E-state index contributed by atoms with van der Waals surface area (Å²) in [5.74, 6) is -0.930. The average molecular weight is 356 g/mol. The highest BCUT2D eigenvalue weighted by atomic mass is 19.4. The van der Waals surface area contributed by atoms with Crippen molar-refractivity contribution < 1.29 is 27.5 Å². The van der Waals surface area contributed by atoms with Crippen LogP contribution in [0.4, 0.5) is 28.0 Å². The Bertz CT molecular complexity index is 919. The standard InChI is InChI=1S/C16H12F4N2O3/c17-8-3-4-11(16(18,19)20)9(6-8)10-7-12(21-15(24)25)13-2-1-5-22(13)14(10)23/h3-4,6-7,21H,1-2,5H2,(H,24,25). The van der Waals surface area contributed by atoms with Gasteiger partial charge in [-0.3, -0.25) is 10.1 Å². The third-order valence-corrected chi connectivity index (χ3v) is 4.02. The summed E-state index contributed by atoms with van der Waals surface area (Å²) < 4.78 is 54.5. The van der Waals surface area contributed by atoms with Crippen LogP contribution in [-0.2, 0) is 19.1 Å². The van der Waals surface area contributed by atoms with E-state index in [1.807, 2.05) is 0 Å². The van der Waals surface area contributed by atoms with Gasteiger partial charge in [-0.25, -0.2) is 9.18 Å². The number of nitrogens with one attached hydrogen (secondary N) is 1. The van der Waals surface area contributed by atoms with Gasteiger partial charge in [-0.05, 0) is 37.1 Å². The fraction of sp³-hybridized carbons (Fsp3) is 0.250. The van der Waals surface area contributed by atoms with Crippen molar-refractivity contribution in [3.05, 3.63) is 51.7 Å². The van der Waals surface area contributed by atoms with Crippen LogP contribution in [0, 0.1) is 5.82 Å². The predicted molar refractivity (Wildman–Crippen MR) is 81.1 cm³/mol. The maximum Gasteiger partial charge on any atom is 0.417 e. The SMILES string of the molecule is O=C(O)Nc1cc(-c2cc(F)ccc2C(F)(F)F)c(=O)n2c1CCC2. The third kappa shape index (κ3) is 3.09. The molecule has 25 heavy (non-hydrogen) atoms. The van der Waals surface area contributed by atoms with Gasteiger partial charge in [0.2, 0.25) is 0 Å². The largest absolute Gasteiger partial charge is 0.465 e. The maximum atomic E-state index is 13.6. The van der Waals surface area contributed by atoms with Gasteiger partial charge in [0, 0.05) is 23.4 Å². The molecule has 1 aromatic heterocycles. The molecule has 1 aliphatic heterocycles. The molecule has 2 heterocycles. The second-order valence-electron chi connectivity index (χ2n) is 5.60. The molecule has 2 N–H and O–H groups in total. The van der Waals surface area contributed by atoms with Gasteiger partial charge in [-0.15, -0.1) is 0 Å². The monoisotopic (exact) mass is 356 g/mol. The van der Waals surface area contributed by atoms with Gasteiger partial charge in [0.1, 0.15) is 5.82 Å². The van der Waals surface area contributed by atoms with Crippen LogP contribution in [0.3, 0.4) is 0 Å². The van der Waals surface area contributed by atoms with Crippen LogP contribution in [0.5, 0.6) is 0 Å². The van der Waals surface area contributed by atoms with Crippen LogP contribution in [0.1, 0.15) is 17.7 Å². The highest BCUT2D eigenvalue weighted by molar-refractivity contribution is 5.85. The summed E-state index contributed by atoms with van der Waals surface area (Å²) in [4.78, 5) is 23.5. The van der Waals surface area contributed by atoms with Gasteiger partial charge in [0.15, 0.2) is 0 Å². The summed E-state index contributed by atoms with van der Waals surface area (Å²) in [5.41, 5.74) is -2.46. The highest BCUT2D eigenvalue weighted by Crippen LogP contribution is 2.37. The van der Waals surface area contributed by atoms with Gasteiger partial charge in [0.05, 0.1) is 11.3 Å². The number of pyridine rings is 1. The maximum absolute atomic E-state index is 13.6. The molecule has 132 valence electrons. The third-order valence-electron chi connectivity index (χ3n) is 4.02. The zero-order valence-electron chi connectivity index (χ0n) is 12.7. The molecule has 3 rings (SSSR count). The topological polar surface area (TPSA) is 71.3 Å². The number of carboxylic acid groups (broad SMARTS) is 1. The molecule has 0 spiro atoms. The minimum atomic E-state index is -4.79. The summed E-state index contributed by atoms with van der Waals surface area (Å²) in [6, 6.07) is 2.89. The predicted octanol–water partition coefficient (Wildman–Crippen LogP) is 3.71. The zero-order valence-corrected chi connectivity index (χ0v) is 12.7. The van der Waals surface area contributed by atoms with E-state index in [1.165, 1.54) is 4.57 Å². The number of anilines is 1. The summed E-state index contributed by atoms with van der Waals surface area (Å²) in [7, 11) is 0. The molecule has 0 saturated heterocycles. The number of nitrogens with zero attached hydrogens (tertiary/aromatic N) is 1. The second-order valence-corrected chi connectivity index (χ2v) is 5.60. The Balaban J connectivity index is 2.31. The molecule has 1 aromatic carbocycles. The lowest BCUT2D eigenvalue weighted by molar-refractivity contribution is -0.137. The smallest absolute Gasteiger partial charge is 0.417 e. The number of hydrogen-bond donors (Lipinski definition) is 2. The molecule has 9 heteroatoms. The van der Waals surface area contributed by atoms with Crippen LogP contribution in [0.2, 0.25) is 0 Å². The Morgan fingerprint density at radius 1 is 1.20 bits per heavy atom. The Morgan fingerprint density at radius 3 is 2.56 bits per heavy atom. The minimum absolute atomic E-state index is 0.0250. The van der Waals surface area contributed by atoms with Crippen molar-refractivity contribution >= 4 is 11.8 Å². The molecule has 5 nitrogen and oxygen atoms in total. The summed E-state index contributed by atoms with van der Waals surface area (Å²) >= 11 is 0. The van der Waals surface area contributed by atoms with Crippen LogP contribution < -0.4 is 10.9 Å². The van der Waals surface area contributed by atoms with E-state index in [4.69, 9.17) is 5.11 Å². The first-order valence-corrected chi connectivity index (χ1v) is 7.32. The number of halogens is 4. The highest BCUT2D eigenvalue weighted by Gasteiger charge is 2.35. The molecule has 2 aromatic rings. The number of alkyl halides is 3. The van der Waals surface area contributed by atoms with E-state index in [0.717, 1.165) is 6.07 Å². The van der Waals surface area contributed by atoms with Crippen molar-refractivity contribution in [3.8, 4) is 11.1 Å². The lowest BCUT2D eigenvalue weighted by Crippen LogP contribution is -2.24. The number of amides is 1. The fourth-order valence-corrected chi connectivity index (χ4v) is 3.02. The Kier molecular flexibility index (Phi) is 4.02. The Morgan fingerprint density at radius 2 is 1.92 bits per heavy atom. The molecule has 0 atom stereocenters. The zero-order chi connectivity index (χ0) is 18.4. The molecule has 1 aliphatic rings. The lowest BCUT2D eigenvalue weighted by Gasteiger charge is -2.16. The fourth-order valence-electron chi connectivity index (χ4n) is 3.02. The first-order chi connectivity index (χ1) is 11.7. The summed E-state index contributed by atoms with van der Waals surface area (Å²) in [6.45, 7) is 0.257. The number of fused-ring (bicyclic) bond motifs is 1. The molecule has 0 fully saturated rings. The van der Waals surface area contributed by atoms with Gasteiger partial charge in [-0.2, -0.15) is 13.2 Å². The Hall–Kier alpha value is -2.84. The average Bonchev–Trinajstić information content (AvgIpc) is 2.98. The molecule has 0 radical (unpaired) electrons. The molecular weight excluding hydrogens is 344 g/mol. The summed E-state index contributed by atoms with van der Waals surface area (Å²) in [5, 5.41) is 11.0. The van der Waals surface area contributed by atoms with Crippen molar-refractivity contribution in [2.75, 3.05) is 5.32 Å². The number of carbonyl (C=O) groups is 1. The molecule has 0 aliphatic carbocycles. The van der Waals surface area contributed by atoms with Gasteiger partial charge in [0.25, 0.3) is 5.56 Å². The van der Waals surface area contributed by atoms with Crippen molar-refractivity contribution in [3.63, 3.8) is 0 Å². The van der Waals surface area contributed by atoms with Gasteiger partial charge < -0.3 is 9.67 Å². The first-order valence-electron chi connectivity index (χ1n) is 7.32. The molecule has 0 saturated carbocycles. The van der Waals surface area contributed by atoms with Crippen molar-refractivity contribution in [1.29, 1.82) is 0 Å². The Labute approximate surface area is 138 Å². The molecule has 0 unspecified atom stereocenters. The number of aromatic nitrogens is 1. The van der Waals surface area contributed by atoms with Gasteiger partial charge in [-0.1, -0.05) is 0 Å². The van der Waals surface area contributed by atoms with E-state index in [1.54, 1.807) is 0 Å². The summed E-state index contributed by atoms with van der Waals surface area (Å²) in [6.07, 6.45) is -5.23. The van der Waals surface area contributed by atoms with Crippen LogP contribution in [-0.4, -0.2) is 15.8 Å². The second kappa shape index (κ2) is 5.91. The molecule has 1 amide bonds. The quantitative estimate of drug-likeness (QED) is 0.806.